The predicted molar refractivity (Wildman–Crippen MR) is 78.4 cm³/mol. The van der Waals surface area contributed by atoms with Crippen LogP contribution in [-0.4, -0.2) is 17.5 Å². The fourth-order valence-electron chi connectivity index (χ4n) is 2.14. The summed E-state index contributed by atoms with van der Waals surface area (Å²) in [4.78, 5) is 10.2. The molecule has 0 aliphatic rings. The Morgan fingerprint density at radius 2 is 1.95 bits per heavy atom. The molecule has 1 atom stereocenters. The third-order valence-corrected chi connectivity index (χ3v) is 3.34. The number of nitro groups is 1. The van der Waals surface area contributed by atoms with E-state index in [4.69, 9.17) is 0 Å². The molecule has 0 radical (unpaired) electrons. The largest absolute Gasteiger partial charge is 0.314 e. The molecule has 4 heteroatoms. The van der Waals surface area contributed by atoms with Gasteiger partial charge in [-0.15, -0.1) is 0 Å². The van der Waals surface area contributed by atoms with E-state index in [0.29, 0.717) is 6.04 Å². The van der Waals surface area contributed by atoms with Crippen molar-refractivity contribution in [3.05, 3.63) is 39.9 Å². The van der Waals surface area contributed by atoms with Crippen molar-refractivity contribution in [3.8, 4) is 0 Å². The van der Waals surface area contributed by atoms with Crippen molar-refractivity contribution in [1.82, 2.24) is 5.32 Å². The second-order valence-electron chi connectivity index (χ2n) is 4.88. The molecule has 1 unspecified atom stereocenters. The molecule has 0 fully saturated rings. The van der Waals surface area contributed by atoms with Gasteiger partial charge in [0.1, 0.15) is 0 Å². The number of nitro benzene ring substituents is 1. The van der Waals surface area contributed by atoms with Crippen LogP contribution in [0.2, 0.25) is 0 Å². The van der Waals surface area contributed by atoms with Gasteiger partial charge in [0.2, 0.25) is 0 Å². The fraction of sp³-hybridized carbons (Fsp3) is 0.600. The maximum atomic E-state index is 10.6. The molecule has 19 heavy (non-hydrogen) atoms. The Balaban J connectivity index is 2.33. The van der Waals surface area contributed by atoms with E-state index in [2.05, 4.69) is 19.2 Å². The lowest BCUT2D eigenvalue weighted by Gasteiger charge is -2.16. The van der Waals surface area contributed by atoms with Crippen LogP contribution < -0.4 is 5.32 Å². The van der Waals surface area contributed by atoms with Gasteiger partial charge in [-0.05, 0) is 44.2 Å². The lowest BCUT2D eigenvalue weighted by Crippen LogP contribution is -2.29. The normalized spacial score (nSPS) is 12.3. The first-order chi connectivity index (χ1) is 9.17. The number of hydrogen-bond acceptors (Lipinski definition) is 3. The van der Waals surface area contributed by atoms with Crippen LogP contribution >= 0.6 is 0 Å². The average Bonchev–Trinajstić information content (AvgIpc) is 2.43. The summed E-state index contributed by atoms with van der Waals surface area (Å²) in [6.45, 7) is 5.46. The van der Waals surface area contributed by atoms with Gasteiger partial charge in [0.25, 0.3) is 5.69 Å². The molecule has 0 aromatic heterocycles. The summed E-state index contributed by atoms with van der Waals surface area (Å²) in [7, 11) is 0. The van der Waals surface area contributed by atoms with Crippen LogP contribution in [0.15, 0.2) is 24.3 Å². The van der Waals surface area contributed by atoms with E-state index in [-0.39, 0.29) is 10.6 Å². The van der Waals surface area contributed by atoms with Gasteiger partial charge in [0.05, 0.1) is 4.92 Å². The Hall–Kier alpha value is -1.42. The monoisotopic (exact) mass is 264 g/mol. The molecule has 0 heterocycles. The van der Waals surface area contributed by atoms with Gasteiger partial charge in [-0.2, -0.15) is 0 Å². The van der Waals surface area contributed by atoms with Crippen LogP contribution in [0, 0.1) is 10.1 Å². The minimum Gasteiger partial charge on any atom is -0.314 e. The number of hydrogen-bond donors (Lipinski definition) is 1. The molecular formula is C15H24N2O2. The standard InChI is InChI=1S/C15H24N2O2/c1-3-12-16-14(4-2)7-5-6-13-8-10-15(11-9-13)17(18)19/h8-11,14,16H,3-7,12H2,1-2H3. The second kappa shape index (κ2) is 8.64. The average molecular weight is 264 g/mol. The Morgan fingerprint density at radius 3 is 2.47 bits per heavy atom. The number of non-ortho nitro benzene ring substituents is 1. The predicted octanol–water partition coefficient (Wildman–Crippen LogP) is 3.70. The van der Waals surface area contributed by atoms with Crippen molar-refractivity contribution in [2.75, 3.05) is 6.54 Å². The zero-order chi connectivity index (χ0) is 14.1. The van der Waals surface area contributed by atoms with Crippen molar-refractivity contribution in [1.29, 1.82) is 0 Å². The summed E-state index contributed by atoms with van der Waals surface area (Å²) < 4.78 is 0. The molecule has 1 rings (SSSR count). The van der Waals surface area contributed by atoms with Gasteiger partial charge in [-0.3, -0.25) is 10.1 Å². The first-order valence-electron chi connectivity index (χ1n) is 7.14. The quantitative estimate of drug-likeness (QED) is 0.546. The second-order valence-corrected chi connectivity index (χ2v) is 4.88. The van der Waals surface area contributed by atoms with E-state index in [0.717, 1.165) is 32.2 Å². The zero-order valence-electron chi connectivity index (χ0n) is 11.9. The maximum Gasteiger partial charge on any atom is 0.269 e. The molecule has 1 aromatic carbocycles. The number of rotatable bonds is 9. The van der Waals surface area contributed by atoms with Gasteiger partial charge >= 0.3 is 0 Å². The van der Waals surface area contributed by atoms with Gasteiger partial charge in [-0.25, -0.2) is 0 Å². The minimum absolute atomic E-state index is 0.166. The minimum atomic E-state index is -0.356. The molecule has 1 N–H and O–H groups in total. The van der Waals surface area contributed by atoms with Crippen molar-refractivity contribution >= 4 is 5.69 Å². The van der Waals surface area contributed by atoms with Crippen molar-refractivity contribution in [3.63, 3.8) is 0 Å². The lowest BCUT2D eigenvalue weighted by atomic mass is 10.0. The third kappa shape index (κ3) is 5.83. The topological polar surface area (TPSA) is 55.2 Å². The van der Waals surface area contributed by atoms with E-state index >= 15 is 0 Å². The molecule has 0 saturated carbocycles. The molecule has 4 nitrogen and oxygen atoms in total. The van der Waals surface area contributed by atoms with Crippen LogP contribution in [0.4, 0.5) is 5.69 Å². The molecule has 1 aromatic rings. The number of nitrogens with one attached hydrogen (secondary N) is 1. The van der Waals surface area contributed by atoms with Crippen LogP contribution in [0.5, 0.6) is 0 Å². The SMILES string of the molecule is CCCNC(CC)CCCc1ccc([N+](=O)[O-])cc1. The zero-order valence-corrected chi connectivity index (χ0v) is 11.9. The van der Waals surface area contributed by atoms with Gasteiger partial charge in [0, 0.05) is 18.2 Å². The van der Waals surface area contributed by atoms with Gasteiger partial charge in [0.15, 0.2) is 0 Å². The third-order valence-electron chi connectivity index (χ3n) is 3.34. The van der Waals surface area contributed by atoms with Crippen molar-refractivity contribution < 1.29 is 4.92 Å². The highest BCUT2D eigenvalue weighted by Crippen LogP contribution is 2.14. The van der Waals surface area contributed by atoms with E-state index in [1.54, 1.807) is 12.1 Å². The first kappa shape index (κ1) is 15.6. The van der Waals surface area contributed by atoms with E-state index in [9.17, 15) is 10.1 Å². The van der Waals surface area contributed by atoms with Crippen molar-refractivity contribution in [2.24, 2.45) is 0 Å². The van der Waals surface area contributed by atoms with Crippen LogP contribution in [0.3, 0.4) is 0 Å². The number of benzene rings is 1. The Morgan fingerprint density at radius 1 is 1.26 bits per heavy atom. The van der Waals surface area contributed by atoms with E-state index in [1.807, 2.05) is 12.1 Å². The summed E-state index contributed by atoms with van der Waals surface area (Å²) in [5.41, 5.74) is 1.34. The van der Waals surface area contributed by atoms with E-state index in [1.165, 1.54) is 12.0 Å². The first-order valence-corrected chi connectivity index (χ1v) is 7.14. The molecule has 106 valence electrons. The molecule has 0 spiro atoms. The van der Waals surface area contributed by atoms with E-state index < -0.39 is 0 Å². The van der Waals surface area contributed by atoms with Crippen LogP contribution in [0.25, 0.3) is 0 Å². The molecule has 0 amide bonds. The summed E-state index contributed by atoms with van der Waals surface area (Å²) in [6, 6.07) is 7.49. The molecule has 0 bridgehead atoms. The van der Waals surface area contributed by atoms with Crippen molar-refractivity contribution in [2.45, 2.75) is 52.0 Å². The molecule has 0 aliphatic carbocycles. The van der Waals surface area contributed by atoms with Crippen LogP contribution in [-0.2, 0) is 6.42 Å². The Kier molecular flexibility index (Phi) is 7.11. The molecular weight excluding hydrogens is 240 g/mol. The summed E-state index contributed by atoms with van der Waals surface area (Å²) >= 11 is 0. The summed E-state index contributed by atoms with van der Waals surface area (Å²) in [5, 5.41) is 14.1. The van der Waals surface area contributed by atoms with Crippen LogP contribution in [0.1, 0.15) is 45.1 Å². The number of nitrogens with zero attached hydrogens (tertiary/aromatic N) is 1. The lowest BCUT2D eigenvalue weighted by molar-refractivity contribution is -0.384. The van der Waals surface area contributed by atoms with Gasteiger partial charge in [-0.1, -0.05) is 26.0 Å². The molecule has 0 aliphatic heterocycles. The highest BCUT2D eigenvalue weighted by Gasteiger charge is 2.06. The highest BCUT2D eigenvalue weighted by molar-refractivity contribution is 5.32. The highest BCUT2D eigenvalue weighted by atomic mass is 16.6. The number of aryl methyl sites for hydroxylation is 1. The summed E-state index contributed by atoms with van der Waals surface area (Å²) in [6.07, 6.45) is 5.59. The maximum absolute atomic E-state index is 10.6. The summed E-state index contributed by atoms with van der Waals surface area (Å²) in [5.74, 6) is 0. The van der Waals surface area contributed by atoms with Gasteiger partial charge < -0.3 is 5.32 Å². The smallest absolute Gasteiger partial charge is 0.269 e. The Labute approximate surface area is 115 Å². The molecule has 0 saturated heterocycles. The fourth-order valence-corrected chi connectivity index (χ4v) is 2.14. The Bertz CT molecular complexity index is 376.